The molecule has 3 heterocycles. The van der Waals surface area contributed by atoms with Gasteiger partial charge in [-0.1, -0.05) is 0 Å². The van der Waals surface area contributed by atoms with Crippen molar-refractivity contribution in [2.24, 2.45) is 18.9 Å². The van der Waals surface area contributed by atoms with Gasteiger partial charge in [-0.25, -0.2) is 13.4 Å². The number of hydrogen-bond acceptors (Lipinski definition) is 5. The molecule has 0 radical (unpaired) electrons. The summed E-state index contributed by atoms with van der Waals surface area (Å²) >= 11 is 0. The lowest BCUT2D eigenvalue weighted by Crippen LogP contribution is -2.48. The molecule has 3 rings (SSSR count). The highest BCUT2D eigenvalue weighted by molar-refractivity contribution is 7.89. The fourth-order valence-electron chi connectivity index (χ4n) is 3.76. The van der Waals surface area contributed by atoms with Crippen molar-refractivity contribution < 1.29 is 23.1 Å². The number of piperidine rings is 2. The molecule has 1 atom stereocenters. The van der Waals surface area contributed by atoms with E-state index >= 15 is 0 Å². The molecule has 27 heavy (non-hydrogen) atoms. The second kappa shape index (κ2) is 7.59. The number of rotatable bonds is 4. The summed E-state index contributed by atoms with van der Waals surface area (Å²) in [5.74, 6) is -1.05. The van der Waals surface area contributed by atoms with E-state index in [4.69, 9.17) is 0 Å². The first kappa shape index (κ1) is 19.8. The van der Waals surface area contributed by atoms with Crippen LogP contribution >= 0.6 is 0 Å². The van der Waals surface area contributed by atoms with Gasteiger partial charge in [0.05, 0.1) is 5.92 Å². The summed E-state index contributed by atoms with van der Waals surface area (Å²) in [5.41, 5.74) is 0. The van der Waals surface area contributed by atoms with Crippen molar-refractivity contribution in [2.75, 3.05) is 26.2 Å². The summed E-state index contributed by atoms with van der Waals surface area (Å²) in [7, 11) is -1.91. The van der Waals surface area contributed by atoms with Crippen molar-refractivity contribution in [1.82, 2.24) is 18.8 Å². The Hall–Kier alpha value is -1.94. The van der Waals surface area contributed by atoms with Crippen LogP contribution in [0.4, 0.5) is 0 Å². The summed E-state index contributed by atoms with van der Waals surface area (Å²) in [6.45, 7) is 3.11. The van der Waals surface area contributed by atoms with Crippen molar-refractivity contribution in [3.05, 3.63) is 12.0 Å². The molecule has 10 heteroatoms. The number of sulfonamides is 1. The number of carboxylic acids is 1. The maximum Gasteiger partial charge on any atom is 0.308 e. The largest absolute Gasteiger partial charge is 0.481 e. The molecule has 150 valence electrons. The van der Waals surface area contributed by atoms with Gasteiger partial charge in [-0.15, -0.1) is 0 Å². The first-order chi connectivity index (χ1) is 12.7. The number of nitrogens with zero attached hydrogens (tertiary/aromatic N) is 4. The number of carboxylic acid groups (broad SMARTS) is 1. The molecule has 2 aliphatic rings. The summed E-state index contributed by atoms with van der Waals surface area (Å²) in [4.78, 5) is 29.7. The molecule has 1 aromatic rings. The van der Waals surface area contributed by atoms with Gasteiger partial charge >= 0.3 is 5.97 Å². The highest BCUT2D eigenvalue weighted by atomic mass is 32.2. The molecular weight excluding hydrogens is 372 g/mol. The van der Waals surface area contributed by atoms with E-state index in [1.165, 1.54) is 10.5 Å². The Morgan fingerprint density at radius 3 is 2.37 bits per heavy atom. The number of carbonyl (C=O) groups excluding carboxylic acids is 1. The molecule has 2 aliphatic heterocycles. The minimum atomic E-state index is -3.66. The molecule has 0 aliphatic carbocycles. The van der Waals surface area contributed by atoms with Gasteiger partial charge in [0.25, 0.3) is 10.0 Å². The number of aromatic nitrogens is 2. The molecule has 2 saturated heterocycles. The van der Waals surface area contributed by atoms with E-state index in [0.29, 0.717) is 38.1 Å². The van der Waals surface area contributed by atoms with E-state index in [1.54, 1.807) is 23.4 Å². The van der Waals surface area contributed by atoms with E-state index in [9.17, 15) is 23.1 Å². The first-order valence-electron chi connectivity index (χ1n) is 9.22. The number of aryl methyl sites for hydroxylation is 2. The van der Waals surface area contributed by atoms with Crippen LogP contribution in [0.3, 0.4) is 0 Å². The van der Waals surface area contributed by atoms with Gasteiger partial charge in [0.1, 0.15) is 5.82 Å². The van der Waals surface area contributed by atoms with Crippen molar-refractivity contribution in [3.63, 3.8) is 0 Å². The van der Waals surface area contributed by atoms with Crippen molar-refractivity contribution in [3.8, 4) is 0 Å². The normalized spacial score (nSPS) is 22.7. The fraction of sp³-hybridized carbons (Fsp3) is 0.706. The molecule has 1 N–H and O–H groups in total. The number of hydrogen-bond donors (Lipinski definition) is 1. The number of aliphatic carboxylic acids is 1. The Bertz CT molecular complexity index is 807. The van der Waals surface area contributed by atoms with Crippen LogP contribution in [-0.2, 0) is 26.7 Å². The van der Waals surface area contributed by atoms with Crippen molar-refractivity contribution in [2.45, 2.75) is 37.6 Å². The molecule has 0 spiro atoms. The van der Waals surface area contributed by atoms with E-state index in [1.807, 2.05) is 0 Å². The molecule has 0 bridgehead atoms. The highest BCUT2D eigenvalue weighted by Crippen LogP contribution is 2.26. The Labute approximate surface area is 159 Å². The highest BCUT2D eigenvalue weighted by Gasteiger charge is 2.36. The van der Waals surface area contributed by atoms with Gasteiger partial charge in [-0.2, -0.15) is 4.31 Å². The average Bonchev–Trinajstić information content (AvgIpc) is 3.01. The van der Waals surface area contributed by atoms with Crippen LogP contribution in [0.25, 0.3) is 0 Å². The van der Waals surface area contributed by atoms with Gasteiger partial charge in [0, 0.05) is 45.3 Å². The molecule has 2 fully saturated rings. The zero-order valence-corrected chi connectivity index (χ0v) is 16.5. The molecular formula is C17H26N4O5S. The predicted octanol–water partition coefficient (Wildman–Crippen LogP) is 0.452. The minimum Gasteiger partial charge on any atom is -0.481 e. The standard InChI is InChI=1S/C17H26N4O5S/c1-12-18-15(11-19(12)2)27(25,26)21-8-5-13(6-9-21)16(22)20-7-3-4-14(10-20)17(23)24/h11,13-14H,3-10H2,1-2H3,(H,23,24)/t14-/m0/s1. The van der Waals surface area contributed by atoms with E-state index in [0.717, 1.165) is 0 Å². The van der Waals surface area contributed by atoms with Crippen molar-refractivity contribution >= 4 is 21.9 Å². The third kappa shape index (κ3) is 4.01. The second-order valence-corrected chi connectivity index (χ2v) is 9.26. The lowest BCUT2D eigenvalue weighted by molar-refractivity contribution is -0.147. The first-order valence-corrected chi connectivity index (χ1v) is 10.7. The van der Waals surface area contributed by atoms with Crippen LogP contribution < -0.4 is 0 Å². The van der Waals surface area contributed by atoms with Gasteiger partial charge in [0.2, 0.25) is 5.91 Å². The Morgan fingerprint density at radius 2 is 1.81 bits per heavy atom. The van der Waals surface area contributed by atoms with Crippen molar-refractivity contribution in [1.29, 1.82) is 0 Å². The number of amides is 1. The molecule has 0 saturated carbocycles. The SMILES string of the molecule is Cc1nc(S(=O)(=O)N2CCC(C(=O)N3CCC[C@H](C(=O)O)C3)CC2)cn1C. The topological polar surface area (TPSA) is 113 Å². The molecule has 0 aromatic carbocycles. The monoisotopic (exact) mass is 398 g/mol. The van der Waals surface area contributed by atoms with Crippen LogP contribution in [0.1, 0.15) is 31.5 Å². The van der Waals surface area contributed by atoms with E-state index < -0.39 is 21.9 Å². The quantitative estimate of drug-likeness (QED) is 0.788. The van der Waals surface area contributed by atoms with Crippen LogP contribution in [0, 0.1) is 18.8 Å². The summed E-state index contributed by atoms with van der Waals surface area (Å²) in [6, 6.07) is 0. The smallest absolute Gasteiger partial charge is 0.308 e. The van der Waals surface area contributed by atoms with Crippen LogP contribution in [-0.4, -0.2) is 70.3 Å². The number of imidazole rings is 1. The zero-order valence-electron chi connectivity index (χ0n) is 15.7. The fourth-order valence-corrected chi connectivity index (χ4v) is 5.26. The molecule has 9 nitrogen and oxygen atoms in total. The Morgan fingerprint density at radius 1 is 1.15 bits per heavy atom. The van der Waals surface area contributed by atoms with Crippen LogP contribution in [0.5, 0.6) is 0 Å². The summed E-state index contributed by atoms with van der Waals surface area (Å²) in [6.07, 6.45) is 3.67. The molecule has 0 unspecified atom stereocenters. The van der Waals surface area contributed by atoms with E-state index in [2.05, 4.69) is 4.98 Å². The maximum absolute atomic E-state index is 12.7. The third-order valence-electron chi connectivity index (χ3n) is 5.58. The maximum atomic E-state index is 12.7. The number of likely N-dealkylation sites (tertiary alicyclic amines) is 1. The molecule has 1 aromatic heterocycles. The number of carbonyl (C=O) groups is 2. The lowest BCUT2D eigenvalue weighted by atomic mass is 9.93. The van der Waals surface area contributed by atoms with Crippen LogP contribution in [0.15, 0.2) is 11.2 Å². The summed E-state index contributed by atoms with van der Waals surface area (Å²) < 4.78 is 28.5. The molecule has 1 amide bonds. The average molecular weight is 398 g/mol. The third-order valence-corrected chi connectivity index (χ3v) is 7.35. The van der Waals surface area contributed by atoms with E-state index in [-0.39, 0.29) is 36.5 Å². The van der Waals surface area contributed by atoms with Gasteiger partial charge in [-0.05, 0) is 32.6 Å². The van der Waals surface area contributed by atoms with Gasteiger partial charge in [-0.3, -0.25) is 9.59 Å². The van der Waals surface area contributed by atoms with Gasteiger partial charge < -0.3 is 14.6 Å². The Balaban J connectivity index is 1.61. The second-order valence-electron chi connectivity index (χ2n) is 7.38. The Kier molecular flexibility index (Phi) is 5.57. The van der Waals surface area contributed by atoms with Gasteiger partial charge in [0.15, 0.2) is 5.03 Å². The zero-order chi connectivity index (χ0) is 19.8. The van der Waals surface area contributed by atoms with Crippen LogP contribution in [0.2, 0.25) is 0 Å². The minimum absolute atomic E-state index is 0.0348. The lowest BCUT2D eigenvalue weighted by Gasteiger charge is -2.36. The summed E-state index contributed by atoms with van der Waals surface area (Å²) in [5, 5.41) is 9.22. The predicted molar refractivity (Wildman–Crippen MR) is 96.4 cm³/mol.